The Morgan fingerprint density at radius 2 is 1.83 bits per heavy atom. The Kier molecular flexibility index (Phi) is 3.62. The summed E-state index contributed by atoms with van der Waals surface area (Å²) >= 11 is 0. The minimum atomic E-state index is -0.147. The third-order valence-corrected chi connectivity index (χ3v) is 2.55. The molecule has 0 aliphatic heterocycles. The van der Waals surface area contributed by atoms with E-state index in [1.54, 1.807) is 0 Å². The fourth-order valence-electron chi connectivity index (χ4n) is 1.46. The average Bonchev–Trinajstić information content (AvgIpc) is 2.35. The lowest BCUT2D eigenvalue weighted by atomic mass is 10.1. The molecule has 0 unspecified atom stereocenters. The standard InChI is InChI=1S/C13H14N4O/c1-9-10(2)16-17-13(14-9)15-12(18)8-11-6-4-3-5-7-11/h3-7H,8H2,1-2H3,(H,14,15,17,18). The van der Waals surface area contributed by atoms with Gasteiger partial charge in [0.1, 0.15) is 0 Å². The van der Waals surface area contributed by atoms with Crippen LogP contribution in [0.1, 0.15) is 17.0 Å². The molecular formula is C13H14N4O. The second-order valence-electron chi connectivity index (χ2n) is 4.02. The number of aromatic nitrogens is 3. The molecule has 0 saturated carbocycles. The first kappa shape index (κ1) is 12.2. The molecule has 2 rings (SSSR count). The third-order valence-electron chi connectivity index (χ3n) is 2.55. The van der Waals surface area contributed by atoms with Gasteiger partial charge in [0.05, 0.1) is 17.8 Å². The van der Waals surface area contributed by atoms with Gasteiger partial charge in [-0.3, -0.25) is 10.1 Å². The van der Waals surface area contributed by atoms with Crippen LogP contribution in [-0.2, 0) is 11.2 Å². The monoisotopic (exact) mass is 242 g/mol. The Bertz CT molecular complexity index is 554. The number of amides is 1. The van der Waals surface area contributed by atoms with Gasteiger partial charge in [-0.25, -0.2) is 4.98 Å². The molecule has 0 atom stereocenters. The molecule has 1 aromatic carbocycles. The molecular weight excluding hydrogens is 228 g/mol. The largest absolute Gasteiger partial charge is 0.293 e. The summed E-state index contributed by atoms with van der Waals surface area (Å²) in [5.74, 6) is 0.102. The molecule has 5 heteroatoms. The predicted molar refractivity (Wildman–Crippen MR) is 68.1 cm³/mol. The van der Waals surface area contributed by atoms with Crippen molar-refractivity contribution in [2.24, 2.45) is 0 Å². The fourth-order valence-corrected chi connectivity index (χ4v) is 1.46. The lowest BCUT2D eigenvalue weighted by Gasteiger charge is -2.04. The molecule has 1 aromatic heterocycles. The Morgan fingerprint density at radius 1 is 1.11 bits per heavy atom. The second kappa shape index (κ2) is 5.35. The Balaban J connectivity index is 2.01. The van der Waals surface area contributed by atoms with Gasteiger partial charge in [0.15, 0.2) is 0 Å². The maximum Gasteiger partial charge on any atom is 0.249 e. The van der Waals surface area contributed by atoms with E-state index in [9.17, 15) is 4.79 Å². The molecule has 0 saturated heterocycles. The smallest absolute Gasteiger partial charge is 0.249 e. The number of nitrogens with one attached hydrogen (secondary N) is 1. The van der Waals surface area contributed by atoms with E-state index in [0.717, 1.165) is 17.0 Å². The third kappa shape index (κ3) is 3.10. The van der Waals surface area contributed by atoms with Crippen molar-refractivity contribution in [2.45, 2.75) is 20.3 Å². The van der Waals surface area contributed by atoms with Crippen molar-refractivity contribution in [2.75, 3.05) is 5.32 Å². The van der Waals surface area contributed by atoms with Crippen molar-refractivity contribution in [3.8, 4) is 0 Å². The lowest BCUT2D eigenvalue weighted by molar-refractivity contribution is -0.115. The average molecular weight is 242 g/mol. The number of hydrogen-bond donors (Lipinski definition) is 1. The van der Waals surface area contributed by atoms with Crippen molar-refractivity contribution in [1.29, 1.82) is 0 Å². The molecule has 0 aliphatic rings. The maximum absolute atomic E-state index is 11.8. The number of rotatable bonds is 3. The fraction of sp³-hybridized carbons (Fsp3) is 0.231. The summed E-state index contributed by atoms with van der Waals surface area (Å²) in [6, 6.07) is 9.52. The van der Waals surface area contributed by atoms with Crippen molar-refractivity contribution in [1.82, 2.24) is 15.2 Å². The number of carbonyl (C=O) groups is 1. The summed E-state index contributed by atoms with van der Waals surface area (Å²) in [7, 11) is 0. The maximum atomic E-state index is 11.8. The SMILES string of the molecule is Cc1nnc(NC(=O)Cc2ccccc2)nc1C. The number of benzene rings is 1. The van der Waals surface area contributed by atoms with Gasteiger partial charge in [-0.05, 0) is 19.4 Å². The van der Waals surface area contributed by atoms with Gasteiger partial charge in [0.2, 0.25) is 11.9 Å². The first-order valence-corrected chi connectivity index (χ1v) is 5.67. The van der Waals surface area contributed by atoms with E-state index in [-0.39, 0.29) is 11.9 Å². The van der Waals surface area contributed by atoms with Gasteiger partial charge in [0, 0.05) is 0 Å². The summed E-state index contributed by atoms with van der Waals surface area (Å²) in [6.45, 7) is 3.65. The van der Waals surface area contributed by atoms with Crippen LogP contribution < -0.4 is 5.32 Å². The summed E-state index contributed by atoms with van der Waals surface area (Å²) < 4.78 is 0. The van der Waals surface area contributed by atoms with Crippen LogP contribution in [0.5, 0.6) is 0 Å². The second-order valence-corrected chi connectivity index (χ2v) is 4.02. The van der Waals surface area contributed by atoms with E-state index in [0.29, 0.717) is 6.42 Å². The molecule has 1 heterocycles. The highest BCUT2D eigenvalue weighted by Crippen LogP contribution is 2.04. The zero-order valence-electron chi connectivity index (χ0n) is 10.3. The number of carbonyl (C=O) groups excluding carboxylic acids is 1. The van der Waals surface area contributed by atoms with Crippen LogP contribution >= 0.6 is 0 Å². The van der Waals surface area contributed by atoms with E-state index in [4.69, 9.17) is 0 Å². The van der Waals surface area contributed by atoms with Crippen LogP contribution in [0.25, 0.3) is 0 Å². The van der Waals surface area contributed by atoms with E-state index >= 15 is 0 Å². The van der Waals surface area contributed by atoms with E-state index in [2.05, 4.69) is 20.5 Å². The Hall–Kier alpha value is -2.30. The van der Waals surface area contributed by atoms with Crippen LogP contribution in [0, 0.1) is 13.8 Å². The summed E-state index contributed by atoms with van der Waals surface area (Å²) in [5.41, 5.74) is 2.47. The number of anilines is 1. The van der Waals surface area contributed by atoms with Gasteiger partial charge < -0.3 is 0 Å². The first-order valence-electron chi connectivity index (χ1n) is 5.67. The van der Waals surface area contributed by atoms with Crippen molar-refractivity contribution < 1.29 is 4.79 Å². The van der Waals surface area contributed by atoms with Gasteiger partial charge in [-0.1, -0.05) is 30.3 Å². The minimum Gasteiger partial charge on any atom is -0.293 e. The molecule has 5 nitrogen and oxygen atoms in total. The summed E-state index contributed by atoms with van der Waals surface area (Å²) in [4.78, 5) is 15.9. The molecule has 92 valence electrons. The predicted octanol–water partition coefficient (Wildman–Crippen LogP) is 1.67. The molecule has 0 bridgehead atoms. The normalized spacial score (nSPS) is 10.1. The minimum absolute atomic E-state index is 0.147. The number of aryl methyl sites for hydroxylation is 2. The molecule has 0 fully saturated rings. The lowest BCUT2D eigenvalue weighted by Crippen LogP contribution is -2.17. The molecule has 0 aliphatic carbocycles. The zero-order valence-corrected chi connectivity index (χ0v) is 10.3. The van der Waals surface area contributed by atoms with Gasteiger partial charge in [-0.15, -0.1) is 5.10 Å². The van der Waals surface area contributed by atoms with Crippen molar-refractivity contribution in [3.63, 3.8) is 0 Å². The topological polar surface area (TPSA) is 67.8 Å². The number of hydrogen-bond acceptors (Lipinski definition) is 4. The Labute approximate surface area is 105 Å². The summed E-state index contributed by atoms with van der Waals surface area (Å²) in [5, 5.41) is 10.4. The van der Waals surface area contributed by atoms with Crippen LogP contribution in [0.4, 0.5) is 5.95 Å². The van der Waals surface area contributed by atoms with E-state index in [1.807, 2.05) is 44.2 Å². The van der Waals surface area contributed by atoms with Crippen LogP contribution in [0.3, 0.4) is 0 Å². The molecule has 1 amide bonds. The van der Waals surface area contributed by atoms with Crippen molar-refractivity contribution >= 4 is 11.9 Å². The zero-order chi connectivity index (χ0) is 13.0. The molecule has 1 N–H and O–H groups in total. The van der Waals surface area contributed by atoms with Crippen LogP contribution in [-0.4, -0.2) is 21.1 Å². The van der Waals surface area contributed by atoms with Crippen molar-refractivity contribution in [3.05, 3.63) is 47.3 Å². The highest BCUT2D eigenvalue weighted by Gasteiger charge is 2.07. The highest BCUT2D eigenvalue weighted by molar-refractivity contribution is 5.90. The Morgan fingerprint density at radius 3 is 2.50 bits per heavy atom. The molecule has 2 aromatic rings. The summed E-state index contributed by atoms with van der Waals surface area (Å²) in [6.07, 6.45) is 0.303. The van der Waals surface area contributed by atoms with Crippen LogP contribution in [0.2, 0.25) is 0 Å². The van der Waals surface area contributed by atoms with Gasteiger partial charge >= 0.3 is 0 Å². The number of nitrogens with zero attached hydrogens (tertiary/aromatic N) is 3. The van der Waals surface area contributed by atoms with Crippen LogP contribution in [0.15, 0.2) is 30.3 Å². The first-order chi connectivity index (χ1) is 8.65. The molecule has 18 heavy (non-hydrogen) atoms. The quantitative estimate of drug-likeness (QED) is 0.889. The van der Waals surface area contributed by atoms with Gasteiger partial charge in [0.25, 0.3) is 0 Å². The van der Waals surface area contributed by atoms with E-state index in [1.165, 1.54) is 0 Å². The highest BCUT2D eigenvalue weighted by atomic mass is 16.1. The van der Waals surface area contributed by atoms with E-state index < -0.39 is 0 Å². The molecule has 0 radical (unpaired) electrons. The van der Waals surface area contributed by atoms with Gasteiger partial charge in [-0.2, -0.15) is 5.10 Å². The molecule has 0 spiro atoms.